The summed E-state index contributed by atoms with van der Waals surface area (Å²) in [6.45, 7) is 7.47. The summed E-state index contributed by atoms with van der Waals surface area (Å²) in [5, 5.41) is 6.23. The van der Waals surface area contributed by atoms with Gasteiger partial charge in [0, 0.05) is 19.2 Å². The van der Waals surface area contributed by atoms with Crippen molar-refractivity contribution in [1.82, 2.24) is 5.32 Å². The molecule has 1 aromatic carbocycles. The predicted octanol–water partition coefficient (Wildman–Crippen LogP) is 3.34. The molecule has 0 unspecified atom stereocenters. The third-order valence-electron chi connectivity index (χ3n) is 4.11. The predicted molar refractivity (Wildman–Crippen MR) is 91.8 cm³/mol. The Bertz CT molecular complexity index is 531. The van der Waals surface area contributed by atoms with E-state index in [2.05, 4.69) is 10.6 Å². The third-order valence-corrected chi connectivity index (χ3v) is 4.11. The van der Waals surface area contributed by atoms with E-state index in [-0.39, 0.29) is 5.60 Å². The highest BCUT2D eigenvalue weighted by Gasteiger charge is 2.32. The van der Waals surface area contributed by atoms with E-state index in [0.717, 1.165) is 43.6 Å². The normalized spacial score (nSPS) is 17.6. The molecule has 0 spiro atoms. The average Bonchev–Trinajstić information content (AvgIpc) is 2.48. The van der Waals surface area contributed by atoms with E-state index in [1.54, 1.807) is 7.11 Å². The van der Waals surface area contributed by atoms with E-state index in [9.17, 15) is 4.79 Å². The lowest BCUT2D eigenvalue weighted by Gasteiger charge is -2.37. The number of methoxy groups -OCH3 is 1. The second-order valence-electron chi connectivity index (χ2n) is 7.10. The number of para-hydroxylation sites is 1. The molecule has 1 aliphatic rings. The molecule has 23 heavy (non-hydrogen) atoms. The highest BCUT2D eigenvalue weighted by Crippen LogP contribution is 2.30. The Morgan fingerprint density at radius 2 is 1.91 bits per heavy atom. The van der Waals surface area contributed by atoms with Crippen LogP contribution in [0.15, 0.2) is 24.3 Å². The molecule has 5 nitrogen and oxygen atoms in total. The first-order valence-corrected chi connectivity index (χ1v) is 8.17. The number of hydrogen-bond acceptors (Lipinski definition) is 4. The van der Waals surface area contributed by atoms with Crippen molar-refractivity contribution in [3.8, 4) is 0 Å². The number of carbonyl (C=O) groups is 1. The van der Waals surface area contributed by atoms with Crippen LogP contribution in [0.25, 0.3) is 0 Å². The van der Waals surface area contributed by atoms with Crippen LogP contribution in [0.4, 0.5) is 10.5 Å². The van der Waals surface area contributed by atoms with Gasteiger partial charge in [-0.05, 0) is 58.3 Å². The smallest absolute Gasteiger partial charge is 0.412 e. The summed E-state index contributed by atoms with van der Waals surface area (Å²) in [5.41, 5.74) is 1.18. The van der Waals surface area contributed by atoms with Crippen molar-refractivity contribution in [3.63, 3.8) is 0 Å². The molecular weight excluding hydrogens is 292 g/mol. The summed E-state index contributed by atoms with van der Waals surface area (Å²) < 4.78 is 11.2. The SMILES string of the molecule is COC1(Cc2ccccc2NC(=O)OC(C)(C)C)CCNCC1. The second-order valence-corrected chi connectivity index (χ2v) is 7.10. The minimum atomic E-state index is -0.512. The van der Waals surface area contributed by atoms with Crippen molar-refractivity contribution in [1.29, 1.82) is 0 Å². The summed E-state index contributed by atoms with van der Waals surface area (Å²) in [6, 6.07) is 7.84. The lowest BCUT2D eigenvalue weighted by molar-refractivity contribution is -0.0332. The molecule has 1 heterocycles. The van der Waals surface area contributed by atoms with Crippen molar-refractivity contribution in [2.45, 2.75) is 51.2 Å². The maximum atomic E-state index is 12.0. The third kappa shape index (κ3) is 5.22. The molecule has 0 aromatic heterocycles. The Morgan fingerprint density at radius 3 is 2.52 bits per heavy atom. The number of amides is 1. The van der Waals surface area contributed by atoms with Gasteiger partial charge in [0.25, 0.3) is 0 Å². The van der Waals surface area contributed by atoms with Crippen LogP contribution in [0.5, 0.6) is 0 Å². The molecule has 2 N–H and O–H groups in total. The quantitative estimate of drug-likeness (QED) is 0.893. The van der Waals surface area contributed by atoms with E-state index in [4.69, 9.17) is 9.47 Å². The summed E-state index contributed by atoms with van der Waals surface area (Å²) in [5.74, 6) is 0. The second kappa shape index (κ2) is 7.32. The molecular formula is C18H28N2O3. The number of nitrogens with one attached hydrogen (secondary N) is 2. The first-order chi connectivity index (χ1) is 10.8. The Morgan fingerprint density at radius 1 is 1.26 bits per heavy atom. The lowest BCUT2D eigenvalue weighted by atomic mass is 9.85. The van der Waals surface area contributed by atoms with Gasteiger partial charge in [0.2, 0.25) is 0 Å². The highest BCUT2D eigenvalue weighted by atomic mass is 16.6. The van der Waals surface area contributed by atoms with Gasteiger partial charge in [-0.1, -0.05) is 18.2 Å². The number of piperidine rings is 1. The molecule has 1 amide bonds. The fourth-order valence-electron chi connectivity index (χ4n) is 2.89. The molecule has 1 fully saturated rings. The number of benzene rings is 1. The fraction of sp³-hybridized carbons (Fsp3) is 0.611. The molecule has 128 valence electrons. The Kier molecular flexibility index (Phi) is 5.65. The minimum Gasteiger partial charge on any atom is -0.444 e. The standard InChI is InChI=1S/C18H28N2O3/c1-17(2,3)23-16(21)20-15-8-6-5-7-14(15)13-18(22-4)9-11-19-12-10-18/h5-8,19H,9-13H2,1-4H3,(H,20,21). The number of hydrogen-bond donors (Lipinski definition) is 2. The topological polar surface area (TPSA) is 59.6 Å². The van der Waals surface area contributed by atoms with E-state index in [0.29, 0.717) is 0 Å². The highest BCUT2D eigenvalue weighted by molar-refractivity contribution is 5.86. The van der Waals surface area contributed by atoms with Crippen LogP contribution in [-0.4, -0.2) is 37.5 Å². The van der Waals surface area contributed by atoms with Gasteiger partial charge in [-0.25, -0.2) is 4.79 Å². The van der Waals surface area contributed by atoms with Gasteiger partial charge in [-0.3, -0.25) is 5.32 Å². The molecule has 2 rings (SSSR count). The molecule has 0 bridgehead atoms. The van der Waals surface area contributed by atoms with Gasteiger partial charge in [0.1, 0.15) is 5.60 Å². The van der Waals surface area contributed by atoms with Gasteiger partial charge in [0.05, 0.1) is 5.60 Å². The molecule has 0 aliphatic carbocycles. The first-order valence-electron chi connectivity index (χ1n) is 8.17. The van der Waals surface area contributed by atoms with Gasteiger partial charge >= 0.3 is 6.09 Å². The number of rotatable bonds is 4. The summed E-state index contributed by atoms with van der Waals surface area (Å²) in [6.07, 6.45) is 2.27. The molecule has 0 saturated carbocycles. The van der Waals surface area contributed by atoms with Crippen molar-refractivity contribution in [3.05, 3.63) is 29.8 Å². The van der Waals surface area contributed by atoms with E-state index in [1.807, 2.05) is 45.0 Å². The summed E-state index contributed by atoms with van der Waals surface area (Å²) in [7, 11) is 1.77. The molecule has 1 saturated heterocycles. The van der Waals surface area contributed by atoms with Crippen LogP contribution < -0.4 is 10.6 Å². The van der Waals surface area contributed by atoms with Crippen LogP contribution in [0.1, 0.15) is 39.2 Å². The molecule has 0 radical (unpaired) electrons. The van der Waals surface area contributed by atoms with E-state index >= 15 is 0 Å². The fourth-order valence-corrected chi connectivity index (χ4v) is 2.89. The average molecular weight is 320 g/mol. The first kappa shape index (κ1) is 17.8. The minimum absolute atomic E-state index is 0.170. The van der Waals surface area contributed by atoms with Crippen molar-refractivity contribution in [2.24, 2.45) is 0 Å². The molecule has 1 aromatic rings. The van der Waals surface area contributed by atoms with Crippen LogP contribution in [0.3, 0.4) is 0 Å². The van der Waals surface area contributed by atoms with Crippen molar-refractivity contribution < 1.29 is 14.3 Å². The van der Waals surface area contributed by atoms with Crippen molar-refractivity contribution in [2.75, 3.05) is 25.5 Å². The van der Waals surface area contributed by atoms with Crippen LogP contribution >= 0.6 is 0 Å². The van der Waals surface area contributed by atoms with Gasteiger partial charge in [-0.15, -0.1) is 0 Å². The Labute approximate surface area is 138 Å². The Hall–Kier alpha value is -1.59. The van der Waals surface area contributed by atoms with Crippen LogP contribution in [-0.2, 0) is 15.9 Å². The summed E-state index contributed by atoms with van der Waals surface area (Å²) >= 11 is 0. The molecule has 1 aliphatic heterocycles. The Balaban J connectivity index is 2.12. The summed E-state index contributed by atoms with van der Waals surface area (Å²) in [4.78, 5) is 12.0. The number of anilines is 1. The lowest BCUT2D eigenvalue weighted by Crippen LogP contribution is -2.45. The zero-order valence-electron chi connectivity index (χ0n) is 14.6. The monoisotopic (exact) mass is 320 g/mol. The van der Waals surface area contributed by atoms with Gasteiger partial charge < -0.3 is 14.8 Å². The van der Waals surface area contributed by atoms with Crippen LogP contribution in [0.2, 0.25) is 0 Å². The van der Waals surface area contributed by atoms with E-state index < -0.39 is 11.7 Å². The maximum absolute atomic E-state index is 12.0. The number of carbonyl (C=O) groups excluding carboxylic acids is 1. The van der Waals surface area contributed by atoms with Gasteiger partial charge in [0.15, 0.2) is 0 Å². The maximum Gasteiger partial charge on any atom is 0.412 e. The largest absolute Gasteiger partial charge is 0.444 e. The van der Waals surface area contributed by atoms with Crippen LogP contribution in [0, 0.1) is 0 Å². The molecule has 5 heteroatoms. The number of ether oxygens (including phenoxy) is 2. The van der Waals surface area contributed by atoms with Crippen molar-refractivity contribution >= 4 is 11.8 Å². The van der Waals surface area contributed by atoms with E-state index in [1.165, 1.54) is 0 Å². The zero-order valence-corrected chi connectivity index (χ0v) is 14.6. The molecule has 0 atom stereocenters. The van der Waals surface area contributed by atoms with Gasteiger partial charge in [-0.2, -0.15) is 0 Å². The zero-order chi connectivity index (χ0) is 16.9.